The first kappa shape index (κ1) is 20.8. The van der Waals surface area contributed by atoms with Crippen molar-refractivity contribution in [2.45, 2.75) is 64.5 Å². The number of ether oxygens (including phenoxy) is 3. The molecule has 1 saturated carbocycles. The van der Waals surface area contributed by atoms with E-state index in [-0.39, 0.29) is 5.92 Å². The van der Waals surface area contributed by atoms with Gasteiger partial charge in [-0.3, -0.25) is 0 Å². The largest absolute Gasteiger partial charge is 0.493 e. The Morgan fingerprint density at radius 2 is 2.00 bits per heavy atom. The molecule has 5 nitrogen and oxygen atoms in total. The van der Waals surface area contributed by atoms with Crippen LogP contribution in [0.4, 0.5) is 13.2 Å². The van der Waals surface area contributed by atoms with Gasteiger partial charge in [0.1, 0.15) is 12.2 Å². The number of halogens is 3. The number of methoxy groups -OCH3 is 1. The number of fused-ring (bicyclic) bond motifs is 2. The van der Waals surface area contributed by atoms with Crippen molar-refractivity contribution in [3.05, 3.63) is 23.3 Å². The van der Waals surface area contributed by atoms with E-state index < -0.39 is 35.9 Å². The smallest absolute Gasteiger partial charge is 0.490 e. The van der Waals surface area contributed by atoms with Crippen molar-refractivity contribution in [2.24, 2.45) is 11.3 Å². The van der Waals surface area contributed by atoms with E-state index in [0.717, 1.165) is 5.56 Å². The lowest BCUT2D eigenvalue weighted by atomic mass is 9.57. The van der Waals surface area contributed by atoms with Crippen LogP contribution in [-0.4, -0.2) is 36.1 Å². The minimum Gasteiger partial charge on any atom is -0.493 e. The van der Waals surface area contributed by atoms with E-state index in [1.54, 1.807) is 6.07 Å². The fourth-order valence-corrected chi connectivity index (χ4v) is 4.50. The van der Waals surface area contributed by atoms with Crippen molar-refractivity contribution < 1.29 is 37.3 Å². The number of hydrogen-bond donors (Lipinski definition) is 1. The second-order valence-corrected chi connectivity index (χ2v) is 8.41. The van der Waals surface area contributed by atoms with Gasteiger partial charge in [-0.25, -0.2) is 4.79 Å². The molecule has 1 aliphatic heterocycles. The summed E-state index contributed by atoms with van der Waals surface area (Å²) in [4.78, 5) is 11.0. The summed E-state index contributed by atoms with van der Waals surface area (Å²) in [6.45, 7) is 5.50. The van der Waals surface area contributed by atoms with Gasteiger partial charge in [-0.15, -0.1) is 0 Å². The first-order chi connectivity index (χ1) is 12.9. The Labute approximate surface area is 161 Å². The third-order valence-corrected chi connectivity index (χ3v) is 6.18. The quantitative estimate of drug-likeness (QED) is 0.780. The van der Waals surface area contributed by atoms with Crippen LogP contribution in [0.5, 0.6) is 11.5 Å². The maximum Gasteiger partial charge on any atom is 0.490 e. The normalized spacial score (nSPS) is 28.6. The van der Waals surface area contributed by atoms with Gasteiger partial charge in [-0.2, -0.15) is 13.2 Å². The number of alkyl halides is 3. The molecule has 2 aliphatic rings. The summed E-state index contributed by atoms with van der Waals surface area (Å²) >= 11 is 0. The maximum absolute atomic E-state index is 12.4. The van der Waals surface area contributed by atoms with Crippen molar-refractivity contribution in [1.82, 2.24) is 0 Å². The molecule has 1 aromatic rings. The van der Waals surface area contributed by atoms with Crippen LogP contribution in [-0.2, 0) is 22.6 Å². The molecule has 8 heteroatoms. The van der Waals surface area contributed by atoms with Crippen molar-refractivity contribution in [1.29, 1.82) is 0 Å². The summed E-state index contributed by atoms with van der Waals surface area (Å²) in [5.41, 5.74) is 0.279. The maximum atomic E-state index is 12.4. The van der Waals surface area contributed by atoms with Gasteiger partial charge in [0.05, 0.1) is 13.2 Å². The molecular weight excluding hydrogens is 377 g/mol. The molecule has 0 aromatic heterocycles. The third kappa shape index (κ3) is 3.54. The van der Waals surface area contributed by atoms with Crippen LogP contribution >= 0.6 is 0 Å². The zero-order valence-electron chi connectivity index (χ0n) is 16.4. The van der Waals surface area contributed by atoms with Crippen LogP contribution in [0.3, 0.4) is 0 Å². The molecule has 0 bridgehead atoms. The predicted molar refractivity (Wildman–Crippen MR) is 94.1 cm³/mol. The van der Waals surface area contributed by atoms with E-state index in [1.807, 2.05) is 20.8 Å². The first-order valence-corrected chi connectivity index (χ1v) is 9.19. The van der Waals surface area contributed by atoms with Crippen molar-refractivity contribution >= 4 is 5.97 Å². The Balaban J connectivity index is 1.92. The van der Waals surface area contributed by atoms with Gasteiger partial charge in [0.2, 0.25) is 0 Å². The van der Waals surface area contributed by atoms with Gasteiger partial charge in [-0.1, -0.05) is 13.8 Å². The van der Waals surface area contributed by atoms with E-state index >= 15 is 0 Å². The molecule has 3 rings (SSSR count). The van der Waals surface area contributed by atoms with Gasteiger partial charge in [-0.05, 0) is 54.9 Å². The van der Waals surface area contributed by atoms with Gasteiger partial charge in [0.25, 0.3) is 0 Å². The molecule has 1 heterocycles. The summed E-state index contributed by atoms with van der Waals surface area (Å²) < 4.78 is 53.2. The highest BCUT2D eigenvalue weighted by Gasteiger charge is 2.54. The molecule has 0 unspecified atom stereocenters. The van der Waals surface area contributed by atoms with Crippen molar-refractivity contribution in [3.63, 3.8) is 0 Å². The molecule has 0 saturated heterocycles. The lowest BCUT2D eigenvalue weighted by Gasteiger charge is -2.55. The van der Waals surface area contributed by atoms with Gasteiger partial charge in [0.15, 0.2) is 11.5 Å². The number of esters is 1. The zero-order chi connectivity index (χ0) is 20.9. The van der Waals surface area contributed by atoms with Crippen LogP contribution in [0.1, 0.15) is 44.7 Å². The van der Waals surface area contributed by atoms with Crippen LogP contribution in [0.15, 0.2) is 12.1 Å². The summed E-state index contributed by atoms with van der Waals surface area (Å²) in [6, 6.07) is 3.20. The SMILES string of the molecule is COc1cc(COC(=O)C(F)(F)F)cc2c1O[C@]1(C)CC[C@@H](O)C(C)(C)[C@H]1C2. The number of rotatable bonds is 3. The fourth-order valence-electron chi connectivity index (χ4n) is 4.50. The Hall–Kier alpha value is -1.96. The van der Waals surface area contributed by atoms with Crippen molar-refractivity contribution in [3.8, 4) is 11.5 Å². The van der Waals surface area contributed by atoms with Crippen LogP contribution in [0.25, 0.3) is 0 Å². The molecule has 1 fully saturated rings. The van der Waals surface area contributed by atoms with Crippen LogP contribution in [0.2, 0.25) is 0 Å². The number of carbonyl (C=O) groups excluding carboxylic acids is 1. The number of aliphatic hydroxyl groups excluding tert-OH is 1. The van der Waals surface area contributed by atoms with E-state index in [9.17, 15) is 23.1 Å². The summed E-state index contributed by atoms with van der Waals surface area (Å²) in [7, 11) is 1.45. The van der Waals surface area contributed by atoms with E-state index in [2.05, 4.69) is 4.74 Å². The molecule has 0 radical (unpaired) electrons. The number of hydrogen-bond acceptors (Lipinski definition) is 5. The second kappa shape index (κ2) is 6.83. The number of benzene rings is 1. The van der Waals surface area contributed by atoms with Crippen LogP contribution < -0.4 is 9.47 Å². The van der Waals surface area contributed by atoms with Crippen molar-refractivity contribution in [2.75, 3.05) is 7.11 Å². The minimum absolute atomic E-state index is 0.00827. The fraction of sp³-hybridized carbons (Fsp3) is 0.650. The summed E-state index contributed by atoms with van der Waals surface area (Å²) in [5, 5.41) is 10.5. The van der Waals surface area contributed by atoms with E-state index in [4.69, 9.17) is 9.47 Å². The summed E-state index contributed by atoms with van der Waals surface area (Å²) in [6.07, 6.45) is -3.61. The standard InChI is InChI=1S/C20H25F3O5/c1-18(2)14-9-12-7-11(10-27-17(25)20(21,22)23)8-13(26-4)16(12)28-19(14,3)6-5-15(18)24/h7-8,14-15,24H,5-6,9-10H2,1-4H3/t14-,15-,19-/m1/s1. The molecule has 1 N–H and O–H groups in total. The summed E-state index contributed by atoms with van der Waals surface area (Å²) in [5.74, 6) is -1.28. The Kier molecular flexibility index (Phi) is 5.06. The average molecular weight is 402 g/mol. The first-order valence-electron chi connectivity index (χ1n) is 9.19. The molecule has 0 spiro atoms. The highest BCUT2D eigenvalue weighted by atomic mass is 19.4. The lowest BCUT2D eigenvalue weighted by Crippen LogP contribution is -2.58. The van der Waals surface area contributed by atoms with Crippen LogP contribution in [0, 0.1) is 11.3 Å². The molecule has 28 heavy (non-hydrogen) atoms. The molecule has 3 atom stereocenters. The zero-order valence-corrected chi connectivity index (χ0v) is 16.4. The number of aliphatic hydroxyl groups is 1. The molecule has 1 aromatic carbocycles. The second-order valence-electron chi connectivity index (χ2n) is 8.41. The Bertz CT molecular complexity index is 774. The van der Waals surface area contributed by atoms with Gasteiger partial charge in [0, 0.05) is 5.92 Å². The lowest BCUT2D eigenvalue weighted by molar-refractivity contribution is -0.201. The highest BCUT2D eigenvalue weighted by Crippen LogP contribution is 2.54. The molecule has 1 aliphatic carbocycles. The third-order valence-electron chi connectivity index (χ3n) is 6.18. The predicted octanol–water partition coefficient (Wildman–Crippen LogP) is 3.79. The highest BCUT2D eigenvalue weighted by molar-refractivity contribution is 5.75. The molecular formula is C20H25F3O5. The Morgan fingerprint density at radius 3 is 2.61 bits per heavy atom. The van der Waals surface area contributed by atoms with Gasteiger partial charge >= 0.3 is 12.1 Å². The molecule has 156 valence electrons. The Morgan fingerprint density at radius 1 is 1.32 bits per heavy atom. The van der Waals surface area contributed by atoms with E-state index in [0.29, 0.717) is 36.3 Å². The topological polar surface area (TPSA) is 65.0 Å². The monoisotopic (exact) mass is 402 g/mol. The molecule has 0 amide bonds. The average Bonchev–Trinajstić information content (AvgIpc) is 2.61. The van der Waals surface area contributed by atoms with Gasteiger partial charge < -0.3 is 19.3 Å². The van der Waals surface area contributed by atoms with E-state index in [1.165, 1.54) is 13.2 Å². The minimum atomic E-state index is -5.04. The number of carbonyl (C=O) groups is 1.